The van der Waals surface area contributed by atoms with Crippen molar-refractivity contribution in [1.29, 1.82) is 0 Å². The summed E-state index contributed by atoms with van der Waals surface area (Å²) in [6.45, 7) is 4.40. The van der Waals surface area contributed by atoms with Gasteiger partial charge in [0.15, 0.2) is 0 Å². The topological polar surface area (TPSA) is 12.9 Å². The second-order valence-corrected chi connectivity index (χ2v) is 4.15. The summed E-state index contributed by atoms with van der Waals surface area (Å²) >= 11 is 0. The molecule has 1 unspecified atom stereocenters. The molecule has 82 valence electrons. The van der Waals surface area contributed by atoms with E-state index >= 15 is 0 Å². The fraction of sp³-hybridized carbons (Fsp3) is 0.267. The summed E-state index contributed by atoms with van der Waals surface area (Å²) in [6, 6.07) is 14.7. The summed E-state index contributed by atoms with van der Waals surface area (Å²) in [6.07, 6.45) is 3.11. The van der Waals surface area contributed by atoms with Crippen LogP contribution in [0.1, 0.15) is 31.9 Å². The number of rotatable bonds is 3. The lowest BCUT2D eigenvalue weighted by atomic mass is 10.0. The van der Waals surface area contributed by atoms with Crippen LogP contribution in [-0.2, 0) is 0 Å². The first-order valence-corrected chi connectivity index (χ1v) is 5.82. The zero-order chi connectivity index (χ0) is 11.4. The molecule has 0 aliphatic heterocycles. The Hall–Kier alpha value is -1.63. The van der Waals surface area contributed by atoms with Gasteiger partial charge in [-0.3, -0.25) is 4.98 Å². The second kappa shape index (κ2) is 4.93. The lowest BCUT2D eigenvalue weighted by Gasteiger charge is -2.08. The molecule has 2 aromatic rings. The van der Waals surface area contributed by atoms with E-state index in [1.165, 1.54) is 16.8 Å². The number of nitrogens with zero attached hydrogens (tertiary/aromatic N) is 1. The van der Waals surface area contributed by atoms with Gasteiger partial charge in [-0.1, -0.05) is 50.2 Å². The molecule has 0 fully saturated rings. The number of hydrogen-bond donors (Lipinski definition) is 0. The van der Waals surface area contributed by atoms with Gasteiger partial charge >= 0.3 is 0 Å². The molecule has 0 amide bonds. The highest BCUT2D eigenvalue weighted by atomic mass is 14.7. The second-order valence-electron chi connectivity index (χ2n) is 4.15. The average molecular weight is 211 g/mol. The summed E-state index contributed by atoms with van der Waals surface area (Å²) in [7, 11) is 0. The molecule has 1 aromatic heterocycles. The quantitative estimate of drug-likeness (QED) is 0.739. The van der Waals surface area contributed by atoms with Gasteiger partial charge in [0.05, 0.1) is 0 Å². The summed E-state index contributed by atoms with van der Waals surface area (Å²) in [5.41, 5.74) is 3.60. The Balaban J connectivity index is 2.26. The van der Waals surface area contributed by atoms with Crippen LogP contribution in [0, 0.1) is 0 Å². The van der Waals surface area contributed by atoms with Crippen molar-refractivity contribution < 1.29 is 0 Å². The van der Waals surface area contributed by atoms with Crippen LogP contribution in [0.4, 0.5) is 0 Å². The van der Waals surface area contributed by atoms with Crippen LogP contribution >= 0.6 is 0 Å². The van der Waals surface area contributed by atoms with Crippen molar-refractivity contribution >= 4 is 0 Å². The molecule has 0 aliphatic rings. The SMILES string of the molecule is CCC(C)c1ccc(-c2ccccc2)cn1. The summed E-state index contributed by atoms with van der Waals surface area (Å²) < 4.78 is 0. The van der Waals surface area contributed by atoms with Gasteiger partial charge in [-0.2, -0.15) is 0 Å². The molecule has 1 heteroatoms. The van der Waals surface area contributed by atoms with Crippen molar-refractivity contribution in [2.75, 3.05) is 0 Å². The zero-order valence-electron chi connectivity index (χ0n) is 9.85. The highest BCUT2D eigenvalue weighted by Crippen LogP contribution is 2.21. The Kier molecular flexibility index (Phi) is 3.35. The molecule has 1 aromatic carbocycles. The molecular weight excluding hydrogens is 194 g/mol. The maximum Gasteiger partial charge on any atom is 0.0432 e. The van der Waals surface area contributed by atoms with Gasteiger partial charge in [0.2, 0.25) is 0 Å². The van der Waals surface area contributed by atoms with E-state index in [-0.39, 0.29) is 0 Å². The number of pyridine rings is 1. The predicted molar refractivity (Wildman–Crippen MR) is 68.4 cm³/mol. The summed E-state index contributed by atoms with van der Waals surface area (Å²) in [5.74, 6) is 0.546. The minimum Gasteiger partial charge on any atom is -0.260 e. The van der Waals surface area contributed by atoms with Gasteiger partial charge in [-0.25, -0.2) is 0 Å². The van der Waals surface area contributed by atoms with Gasteiger partial charge in [0.1, 0.15) is 0 Å². The molecule has 1 nitrogen and oxygen atoms in total. The lowest BCUT2D eigenvalue weighted by Crippen LogP contribution is -1.94. The zero-order valence-corrected chi connectivity index (χ0v) is 9.85. The van der Waals surface area contributed by atoms with Crippen LogP contribution < -0.4 is 0 Å². The van der Waals surface area contributed by atoms with Crippen LogP contribution in [0.15, 0.2) is 48.7 Å². The van der Waals surface area contributed by atoms with Crippen LogP contribution in [0.3, 0.4) is 0 Å². The highest BCUT2D eigenvalue weighted by molar-refractivity contribution is 5.62. The van der Waals surface area contributed by atoms with E-state index in [4.69, 9.17) is 0 Å². The Morgan fingerprint density at radius 3 is 2.31 bits per heavy atom. The predicted octanol–water partition coefficient (Wildman–Crippen LogP) is 4.26. The van der Waals surface area contributed by atoms with Gasteiger partial charge in [0.25, 0.3) is 0 Å². The lowest BCUT2D eigenvalue weighted by molar-refractivity contribution is 0.708. The maximum atomic E-state index is 4.53. The third kappa shape index (κ3) is 2.30. The molecule has 0 saturated carbocycles. The Morgan fingerprint density at radius 1 is 1.00 bits per heavy atom. The first-order chi connectivity index (χ1) is 7.81. The summed E-state index contributed by atoms with van der Waals surface area (Å²) in [4.78, 5) is 4.53. The van der Waals surface area contributed by atoms with E-state index in [1.807, 2.05) is 12.3 Å². The smallest absolute Gasteiger partial charge is 0.0432 e. The molecule has 0 bridgehead atoms. The van der Waals surface area contributed by atoms with Crippen molar-refractivity contribution in [2.45, 2.75) is 26.2 Å². The fourth-order valence-electron chi connectivity index (χ4n) is 1.71. The standard InChI is InChI=1S/C15H17N/c1-3-12(2)15-10-9-14(11-16-15)13-7-5-4-6-8-13/h4-12H,3H2,1-2H3. The van der Waals surface area contributed by atoms with Crippen LogP contribution in [0.25, 0.3) is 11.1 Å². The molecule has 0 radical (unpaired) electrons. The molecule has 0 spiro atoms. The molecular formula is C15H17N. The van der Waals surface area contributed by atoms with Gasteiger partial charge in [-0.05, 0) is 24.0 Å². The van der Waals surface area contributed by atoms with E-state index < -0.39 is 0 Å². The van der Waals surface area contributed by atoms with Crippen LogP contribution in [0.2, 0.25) is 0 Å². The van der Waals surface area contributed by atoms with Crippen molar-refractivity contribution in [3.63, 3.8) is 0 Å². The number of aromatic nitrogens is 1. The van der Waals surface area contributed by atoms with Crippen LogP contribution in [-0.4, -0.2) is 4.98 Å². The van der Waals surface area contributed by atoms with Crippen molar-refractivity contribution in [3.05, 3.63) is 54.4 Å². The molecule has 1 heterocycles. The Morgan fingerprint density at radius 2 is 1.75 bits per heavy atom. The van der Waals surface area contributed by atoms with Gasteiger partial charge in [-0.15, -0.1) is 0 Å². The minimum atomic E-state index is 0.546. The Labute approximate surface area is 97.2 Å². The molecule has 16 heavy (non-hydrogen) atoms. The average Bonchev–Trinajstić information content (AvgIpc) is 2.39. The third-order valence-corrected chi connectivity index (χ3v) is 3.01. The molecule has 0 N–H and O–H groups in total. The van der Waals surface area contributed by atoms with E-state index in [0.29, 0.717) is 5.92 Å². The van der Waals surface area contributed by atoms with Gasteiger partial charge < -0.3 is 0 Å². The fourth-order valence-corrected chi connectivity index (χ4v) is 1.71. The largest absolute Gasteiger partial charge is 0.260 e. The van der Waals surface area contributed by atoms with Crippen molar-refractivity contribution in [3.8, 4) is 11.1 Å². The van der Waals surface area contributed by atoms with E-state index in [2.05, 4.69) is 55.2 Å². The van der Waals surface area contributed by atoms with E-state index in [0.717, 1.165) is 6.42 Å². The molecule has 0 saturated heterocycles. The maximum absolute atomic E-state index is 4.53. The van der Waals surface area contributed by atoms with E-state index in [9.17, 15) is 0 Å². The van der Waals surface area contributed by atoms with Crippen LogP contribution in [0.5, 0.6) is 0 Å². The van der Waals surface area contributed by atoms with Crippen molar-refractivity contribution in [2.24, 2.45) is 0 Å². The molecule has 2 rings (SSSR count). The Bertz CT molecular complexity index is 431. The number of hydrogen-bond acceptors (Lipinski definition) is 1. The molecule has 1 atom stereocenters. The third-order valence-electron chi connectivity index (χ3n) is 3.01. The van der Waals surface area contributed by atoms with Gasteiger partial charge in [0, 0.05) is 17.5 Å². The first kappa shape index (κ1) is 10.9. The van der Waals surface area contributed by atoms with E-state index in [1.54, 1.807) is 0 Å². The summed E-state index contributed by atoms with van der Waals surface area (Å²) in [5, 5.41) is 0. The normalized spacial score (nSPS) is 12.4. The van der Waals surface area contributed by atoms with Crippen molar-refractivity contribution in [1.82, 2.24) is 4.98 Å². The molecule has 0 aliphatic carbocycles. The number of benzene rings is 1. The monoisotopic (exact) mass is 211 g/mol. The highest BCUT2D eigenvalue weighted by Gasteiger charge is 2.04. The first-order valence-electron chi connectivity index (χ1n) is 5.82. The minimum absolute atomic E-state index is 0.546.